The highest BCUT2D eigenvalue weighted by molar-refractivity contribution is 6.30. The van der Waals surface area contributed by atoms with Gasteiger partial charge in [-0.05, 0) is 42.0 Å². The van der Waals surface area contributed by atoms with Gasteiger partial charge < -0.3 is 10.6 Å². The topological polar surface area (TPSA) is 58.2 Å². The number of amides is 2. The third-order valence-electron chi connectivity index (χ3n) is 2.81. The molecule has 108 valence electrons. The third-order valence-corrected chi connectivity index (χ3v) is 3.04. The van der Waals surface area contributed by atoms with Gasteiger partial charge in [-0.25, -0.2) is 0 Å². The van der Waals surface area contributed by atoms with Crippen molar-refractivity contribution in [1.82, 2.24) is 5.32 Å². The number of hydrogen-bond donors (Lipinski definition) is 2. The van der Waals surface area contributed by atoms with Crippen LogP contribution in [-0.2, 0) is 11.3 Å². The first-order chi connectivity index (χ1) is 10.0. The Balaban J connectivity index is 1.95. The molecule has 0 spiro atoms. The summed E-state index contributed by atoms with van der Waals surface area (Å²) in [5.41, 5.74) is 2.13. The predicted octanol–water partition coefficient (Wildman–Crippen LogP) is 3.23. The smallest absolute Gasteiger partial charge is 0.251 e. The average Bonchev–Trinajstić information content (AvgIpc) is 2.45. The van der Waals surface area contributed by atoms with Crippen molar-refractivity contribution in [3.8, 4) is 0 Å². The first kappa shape index (κ1) is 15.1. The standard InChI is InChI=1S/C16H15ClN2O2/c1-11(20)19-15-7-5-13(6-8-15)16(21)18-10-12-3-2-4-14(17)9-12/h2-9H,10H2,1H3,(H,18,21)(H,19,20). The Morgan fingerprint density at radius 1 is 1.10 bits per heavy atom. The Morgan fingerprint density at radius 2 is 1.81 bits per heavy atom. The maximum atomic E-state index is 12.0. The molecular formula is C16H15ClN2O2. The van der Waals surface area contributed by atoms with Crippen molar-refractivity contribution in [3.63, 3.8) is 0 Å². The number of hydrogen-bond acceptors (Lipinski definition) is 2. The summed E-state index contributed by atoms with van der Waals surface area (Å²) in [5.74, 6) is -0.322. The van der Waals surface area contributed by atoms with Crippen LogP contribution in [-0.4, -0.2) is 11.8 Å². The molecule has 0 heterocycles. The first-order valence-corrected chi connectivity index (χ1v) is 6.83. The van der Waals surface area contributed by atoms with Crippen LogP contribution in [0.4, 0.5) is 5.69 Å². The molecule has 0 saturated carbocycles. The van der Waals surface area contributed by atoms with Crippen LogP contribution < -0.4 is 10.6 Å². The summed E-state index contributed by atoms with van der Waals surface area (Å²) in [6.07, 6.45) is 0. The number of benzene rings is 2. The molecule has 0 atom stereocenters. The summed E-state index contributed by atoms with van der Waals surface area (Å²) in [6.45, 7) is 1.85. The van der Waals surface area contributed by atoms with Gasteiger partial charge in [-0.2, -0.15) is 0 Å². The lowest BCUT2D eigenvalue weighted by Gasteiger charge is -2.07. The van der Waals surface area contributed by atoms with Crippen molar-refractivity contribution in [2.75, 3.05) is 5.32 Å². The number of nitrogens with one attached hydrogen (secondary N) is 2. The van der Waals surface area contributed by atoms with Crippen LogP contribution in [0.5, 0.6) is 0 Å². The minimum absolute atomic E-state index is 0.145. The molecule has 2 N–H and O–H groups in total. The molecule has 0 radical (unpaired) electrons. The molecule has 21 heavy (non-hydrogen) atoms. The zero-order valence-corrected chi connectivity index (χ0v) is 12.3. The number of rotatable bonds is 4. The monoisotopic (exact) mass is 302 g/mol. The van der Waals surface area contributed by atoms with Crippen LogP contribution >= 0.6 is 11.6 Å². The van der Waals surface area contributed by atoms with E-state index in [4.69, 9.17) is 11.6 Å². The van der Waals surface area contributed by atoms with Gasteiger partial charge in [-0.1, -0.05) is 23.7 Å². The molecule has 0 aromatic heterocycles. The molecular weight excluding hydrogens is 288 g/mol. The Labute approximate surface area is 128 Å². The molecule has 2 aromatic carbocycles. The maximum Gasteiger partial charge on any atom is 0.251 e. The van der Waals surface area contributed by atoms with E-state index >= 15 is 0 Å². The molecule has 0 fully saturated rings. The van der Waals surface area contributed by atoms with E-state index in [1.807, 2.05) is 18.2 Å². The average molecular weight is 303 g/mol. The minimum atomic E-state index is -0.177. The molecule has 4 nitrogen and oxygen atoms in total. The van der Waals surface area contributed by atoms with E-state index in [1.165, 1.54) is 6.92 Å². The highest BCUT2D eigenvalue weighted by Gasteiger charge is 2.05. The number of anilines is 1. The van der Waals surface area contributed by atoms with Gasteiger partial charge >= 0.3 is 0 Å². The Hall–Kier alpha value is -2.33. The molecule has 5 heteroatoms. The van der Waals surface area contributed by atoms with Gasteiger partial charge in [0.15, 0.2) is 0 Å². The number of halogens is 1. The second-order valence-corrected chi connectivity index (χ2v) is 5.01. The van der Waals surface area contributed by atoms with Crippen molar-refractivity contribution in [1.29, 1.82) is 0 Å². The van der Waals surface area contributed by atoms with Crippen molar-refractivity contribution >= 4 is 29.1 Å². The fraction of sp³-hybridized carbons (Fsp3) is 0.125. The summed E-state index contributed by atoms with van der Waals surface area (Å²) >= 11 is 5.89. The molecule has 0 bridgehead atoms. The zero-order chi connectivity index (χ0) is 15.2. The van der Waals surface area contributed by atoms with Crippen LogP contribution in [0, 0.1) is 0 Å². The van der Waals surface area contributed by atoms with E-state index in [9.17, 15) is 9.59 Å². The molecule has 0 aliphatic rings. The lowest BCUT2D eigenvalue weighted by Crippen LogP contribution is -2.22. The molecule has 2 aromatic rings. The van der Waals surface area contributed by atoms with Gasteiger partial charge in [-0.15, -0.1) is 0 Å². The minimum Gasteiger partial charge on any atom is -0.348 e. The summed E-state index contributed by atoms with van der Waals surface area (Å²) in [6, 6.07) is 14.0. The van der Waals surface area contributed by atoms with Gasteiger partial charge in [-0.3, -0.25) is 9.59 Å². The highest BCUT2D eigenvalue weighted by atomic mass is 35.5. The lowest BCUT2D eigenvalue weighted by molar-refractivity contribution is -0.114. The van der Waals surface area contributed by atoms with Gasteiger partial charge in [0.05, 0.1) is 0 Å². The molecule has 0 saturated heterocycles. The number of carbonyl (C=O) groups is 2. The Morgan fingerprint density at radius 3 is 2.43 bits per heavy atom. The molecule has 2 rings (SSSR count). The van der Waals surface area contributed by atoms with Gasteiger partial charge in [0.2, 0.25) is 5.91 Å². The van der Waals surface area contributed by atoms with Crippen molar-refractivity contribution in [2.45, 2.75) is 13.5 Å². The lowest BCUT2D eigenvalue weighted by atomic mass is 10.1. The van der Waals surface area contributed by atoms with Crippen LogP contribution in [0.1, 0.15) is 22.8 Å². The summed E-state index contributed by atoms with van der Waals surface area (Å²) in [7, 11) is 0. The second kappa shape index (κ2) is 6.90. The SMILES string of the molecule is CC(=O)Nc1ccc(C(=O)NCc2cccc(Cl)c2)cc1. The van der Waals surface area contributed by atoms with E-state index in [-0.39, 0.29) is 11.8 Å². The normalized spacial score (nSPS) is 10.0. The Kier molecular flexibility index (Phi) is 4.95. The quantitative estimate of drug-likeness (QED) is 0.911. The van der Waals surface area contributed by atoms with E-state index in [2.05, 4.69) is 10.6 Å². The predicted molar refractivity (Wildman–Crippen MR) is 83.4 cm³/mol. The van der Waals surface area contributed by atoms with Crippen molar-refractivity contribution in [3.05, 3.63) is 64.7 Å². The summed E-state index contributed by atoms with van der Waals surface area (Å²) < 4.78 is 0. The van der Waals surface area contributed by atoms with Crippen LogP contribution in [0.25, 0.3) is 0 Å². The van der Waals surface area contributed by atoms with Crippen LogP contribution in [0.2, 0.25) is 5.02 Å². The van der Waals surface area contributed by atoms with E-state index in [1.54, 1.807) is 30.3 Å². The van der Waals surface area contributed by atoms with Gasteiger partial charge in [0.1, 0.15) is 0 Å². The van der Waals surface area contributed by atoms with E-state index < -0.39 is 0 Å². The Bertz CT molecular complexity index is 654. The zero-order valence-electron chi connectivity index (χ0n) is 11.5. The fourth-order valence-corrected chi connectivity index (χ4v) is 2.05. The first-order valence-electron chi connectivity index (χ1n) is 6.45. The second-order valence-electron chi connectivity index (χ2n) is 4.57. The molecule has 0 aliphatic heterocycles. The van der Waals surface area contributed by atoms with Crippen LogP contribution in [0.15, 0.2) is 48.5 Å². The van der Waals surface area contributed by atoms with Gasteiger partial charge in [0, 0.05) is 29.7 Å². The highest BCUT2D eigenvalue weighted by Crippen LogP contribution is 2.12. The van der Waals surface area contributed by atoms with Gasteiger partial charge in [0.25, 0.3) is 5.91 Å². The van der Waals surface area contributed by atoms with Crippen molar-refractivity contribution < 1.29 is 9.59 Å². The molecule has 2 amide bonds. The number of carbonyl (C=O) groups excluding carboxylic acids is 2. The maximum absolute atomic E-state index is 12.0. The third kappa shape index (κ3) is 4.61. The molecule has 0 aliphatic carbocycles. The fourth-order valence-electron chi connectivity index (χ4n) is 1.84. The van der Waals surface area contributed by atoms with E-state index in [0.29, 0.717) is 22.8 Å². The summed E-state index contributed by atoms with van der Waals surface area (Å²) in [4.78, 5) is 22.9. The van der Waals surface area contributed by atoms with E-state index in [0.717, 1.165) is 5.56 Å². The summed E-state index contributed by atoms with van der Waals surface area (Å²) in [5, 5.41) is 6.11. The molecule has 0 unspecified atom stereocenters. The van der Waals surface area contributed by atoms with Crippen molar-refractivity contribution in [2.24, 2.45) is 0 Å². The van der Waals surface area contributed by atoms with Crippen LogP contribution in [0.3, 0.4) is 0 Å². The largest absolute Gasteiger partial charge is 0.348 e.